The zero-order valence-corrected chi connectivity index (χ0v) is 16.8. The molecule has 2 heterocycles. The lowest BCUT2D eigenvalue weighted by Gasteiger charge is -2.14. The number of aromatic nitrogens is 3. The Balaban J connectivity index is 2.02. The van der Waals surface area contributed by atoms with Crippen LogP contribution in [0.1, 0.15) is 20.3 Å². The molecule has 0 atom stereocenters. The van der Waals surface area contributed by atoms with E-state index in [1.165, 1.54) is 6.20 Å². The first-order chi connectivity index (χ1) is 13.4. The van der Waals surface area contributed by atoms with Gasteiger partial charge in [0.25, 0.3) is 5.56 Å². The van der Waals surface area contributed by atoms with Crippen LogP contribution < -0.4 is 15.6 Å². The van der Waals surface area contributed by atoms with Gasteiger partial charge in [-0.15, -0.1) is 0 Å². The van der Waals surface area contributed by atoms with E-state index in [0.29, 0.717) is 29.5 Å². The second kappa shape index (κ2) is 8.58. The van der Waals surface area contributed by atoms with E-state index in [9.17, 15) is 9.59 Å². The van der Waals surface area contributed by atoms with Crippen molar-refractivity contribution in [1.29, 1.82) is 0 Å². The van der Waals surface area contributed by atoms with Crippen LogP contribution in [0.25, 0.3) is 10.9 Å². The highest BCUT2D eigenvalue weighted by atomic mass is 35.5. The average molecular weight is 421 g/mol. The Morgan fingerprint density at radius 1 is 1.25 bits per heavy atom. The van der Waals surface area contributed by atoms with Gasteiger partial charge < -0.3 is 14.6 Å². The zero-order valence-electron chi connectivity index (χ0n) is 15.3. The molecule has 0 unspecified atom stereocenters. The summed E-state index contributed by atoms with van der Waals surface area (Å²) in [6, 6.07) is 7.09. The van der Waals surface area contributed by atoms with Crippen molar-refractivity contribution in [1.82, 2.24) is 14.5 Å². The molecule has 0 aliphatic heterocycles. The van der Waals surface area contributed by atoms with Gasteiger partial charge in [-0.2, -0.15) is 4.98 Å². The summed E-state index contributed by atoms with van der Waals surface area (Å²) >= 11 is 11.9. The third-order valence-electron chi connectivity index (χ3n) is 4.14. The van der Waals surface area contributed by atoms with Crippen LogP contribution in [0.2, 0.25) is 10.3 Å². The number of rotatable bonds is 7. The number of hydrogen-bond donors (Lipinski definition) is 1. The van der Waals surface area contributed by atoms with Crippen molar-refractivity contribution >= 4 is 51.4 Å². The maximum absolute atomic E-state index is 12.6. The molecule has 0 saturated carbocycles. The average Bonchev–Trinajstić information content (AvgIpc) is 2.69. The molecule has 0 saturated heterocycles. The number of ether oxygens (including phenoxy) is 1. The number of hydrogen-bond acceptors (Lipinski definition) is 6. The van der Waals surface area contributed by atoms with E-state index in [4.69, 9.17) is 27.9 Å². The van der Waals surface area contributed by atoms with Crippen LogP contribution in [0.3, 0.4) is 0 Å². The molecule has 1 N–H and O–H groups in total. The Morgan fingerprint density at radius 3 is 2.75 bits per heavy atom. The molecule has 0 spiro atoms. The second-order valence-corrected chi connectivity index (χ2v) is 6.72. The standard InChI is InChI=1S/C19H18Cl2N4O3/c1-3-13(26)10-28-16-8-11-7-12(5-6-15(11)25(4-2)18(16)27)23-17-14(20)9-22-19(21)24-17/h5-9H,3-4,10H2,1-2H3,(H,22,23,24). The van der Waals surface area contributed by atoms with Crippen LogP contribution in [0.4, 0.5) is 11.5 Å². The minimum Gasteiger partial charge on any atom is -0.480 e. The van der Waals surface area contributed by atoms with Gasteiger partial charge in [0.1, 0.15) is 11.6 Å². The number of aryl methyl sites for hydroxylation is 1. The number of carbonyl (C=O) groups is 1. The monoisotopic (exact) mass is 420 g/mol. The first-order valence-electron chi connectivity index (χ1n) is 8.70. The Labute approximate surface area is 171 Å². The van der Waals surface area contributed by atoms with Gasteiger partial charge in [0.2, 0.25) is 5.28 Å². The van der Waals surface area contributed by atoms with Crippen LogP contribution in [0.5, 0.6) is 5.75 Å². The van der Waals surface area contributed by atoms with Crippen molar-refractivity contribution in [3.63, 3.8) is 0 Å². The number of halogens is 2. The van der Waals surface area contributed by atoms with Gasteiger partial charge in [0.15, 0.2) is 17.4 Å². The van der Waals surface area contributed by atoms with Gasteiger partial charge in [-0.3, -0.25) is 9.59 Å². The summed E-state index contributed by atoms with van der Waals surface area (Å²) in [6.07, 6.45) is 1.76. The topological polar surface area (TPSA) is 86.1 Å². The predicted octanol–water partition coefficient (Wildman–Crippen LogP) is 4.22. The minimum absolute atomic E-state index is 0.0730. The number of carbonyl (C=O) groups excluding carboxylic acids is 1. The van der Waals surface area contributed by atoms with Gasteiger partial charge in [0, 0.05) is 24.0 Å². The highest BCUT2D eigenvalue weighted by molar-refractivity contribution is 6.33. The largest absolute Gasteiger partial charge is 0.480 e. The normalized spacial score (nSPS) is 10.9. The van der Waals surface area contributed by atoms with Gasteiger partial charge in [-0.25, -0.2) is 4.98 Å². The lowest BCUT2D eigenvalue weighted by molar-refractivity contribution is -0.120. The number of pyridine rings is 1. The van der Waals surface area contributed by atoms with Gasteiger partial charge in [-0.1, -0.05) is 18.5 Å². The van der Waals surface area contributed by atoms with E-state index in [1.807, 2.05) is 19.1 Å². The summed E-state index contributed by atoms with van der Waals surface area (Å²) in [6.45, 7) is 3.96. The van der Waals surface area contributed by atoms with Crippen molar-refractivity contribution in [2.24, 2.45) is 0 Å². The molecule has 1 aromatic carbocycles. The smallest absolute Gasteiger partial charge is 0.293 e. The van der Waals surface area contributed by atoms with Crippen LogP contribution in [-0.2, 0) is 11.3 Å². The number of Topliss-reactive ketones (excluding diaryl/α,β-unsaturated/α-hetero) is 1. The first kappa shape index (κ1) is 20.1. The van der Waals surface area contributed by atoms with Crippen molar-refractivity contribution in [3.05, 3.63) is 51.1 Å². The number of nitrogens with one attached hydrogen (secondary N) is 1. The molecule has 28 heavy (non-hydrogen) atoms. The van der Waals surface area contributed by atoms with Crippen molar-refractivity contribution in [2.75, 3.05) is 11.9 Å². The summed E-state index contributed by atoms with van der Waals surface area (Å²) in [7, 11) is 0. The molecule has 3 rings (SSSR count). The second-order valence-electron chi connectivity index (χ2n) is 5.97. The third-order valence-corrected chi connectivity index (χ3v) is 4.60. The quantitative estimate of drug-likeness (QED) is 0.575. The lowest BCUT2D eigenvalue weighted by Crippen LogP contribution is -2.23. The third kappa shape index (κ3) is 4.26. The molecule has 0 radical (unpaired) electrons. The molecule has 9 heteroatoms. The fourth-order valence-corrected chi connectivity index (χ4v) is 2.96. The van der Waals surface area contributed by atoms with Crippen LogP contribution in [0, 0.1) is 0 Å². The van der Waals surface area contributed by atoms with E-state index in [1.54, 1.807) is 23.6 Å². The Morgan fingerprint density at radius 2 is 2.04 bits per heavy atom. The number of fused-ring (bicyclic) bond motifs is 1. The van der Waals surface area contributed by atoms with E-state index >= 15 is 0 Å². The summed E-state index contributed by atoms with van der Waals surface area (Å²) in [5, 5.41) is 4.25. The maximum atomic E-state index is 12.6. The maximum Gasteiger partial charge on any atom is 0.293 e. The van der Waals surface area contributed by atoms with Crippen molar-refractivity contribution in [3.8, 4) is 5.75 Å². The van der Waals surface area contributed by atoms with E-state index in [2.05, 4.69) is 15.3 Å². The Hall–Kier alpha value is -2.64. The SMILES string of the molecule is CCC(=O)COc1cc2cc(Nc3nc(Cl)ncc3Cl)ccc2n(CC)c1=O. The first-order valence-corrected chi connectivity index (χ1v) is 9.45. The molecule has 0 aliphatic carbocycles. The molecule has 7 nitrogen and oxygen atoms in total. The van der Waals surface area contributed by atoms with E-state index in [-0.39, 0.29) is 29.0 Å². The van der Waals surface area contributed by atoms with Crippen LogP contribution in [-0.4, -0.2) is 26.9 Å². The number of anilines is 2. The fourth-order valence-electron chi connectivity index (χ4n) is 2.69. The molecule has 3 aromatic rings. The molecule has 0 amide bonds. The molecule has 0 fully saturated rings. The van der Waals surface area contributed by atoms with Gasteiger partial charge >= 0.3 is 0 Å². The lowest BCUT2D eigenvalue weighted by atomic mass is 10.1. The molecule has 146 valence electrons. The number of ketones is 1. The fraction of sp³-hybridized carbons (Fsp3) is 0.263. The summed E-state index contributed by atoms with van der Waals surface area (Å²) in [5.41, 5.74) is 1.17. The molecule has 0 bridgehead atoms. The Kier molecular flexibility index (Phi) is 6.16. The van der Waals surface area contributed by atoms with Crippen LogP contribution >= 0.6 is 23.2 Å². The highest BCUT2D eigenvalue weighted by Gasteiger charge is 2.12. The van der Waals surface area contributed by atoms with Crippen molar-refractivity contribution in [2.45, 2.75) is 26.8 Å². The van der Waals surface area contributed by atoms with Gasteiger partial charge in [0.05, 0.1) is 11.7 Å². The van der Waals surface area contributed by atoms with Gasteiger partial charge in [-0.05, 0) is 42.8 Å². The predicted molar refractivity (Wildman–Crippen MR) is 110 cm³/mol. The van der Waals surface area contributed by atoms with E-state index in [0.717, 1.165) is 10.9 Å². The van der Waals surface area contributed by atoms with Crippen molar-refractivity contribution < 1.29 is 9.53 Å². The summed E-state index contributed by atoms with van der Waals surface area (Å²) in [4.78, 5) is 32.1. The number of nitrogens with zero attached hydrogens (tertiary/aromatic N) is 3. The van der Waals surface area contributed by atoms with Crippen LogP contribution in [0.15, 0.2) is 35.3 Å². The highest BCUT2D eigenvalue weighted by Crippen LogP contribution is 2.27. The number of benzene rings is 1. The molecular formula is C19H18Cl2N4O3. The Bertz CT molecular complexity index is 1100. The molecule has 2 aromatic heterocycles. The minimum atomic E-state index is -0.273. The molecular weight excluding hydrogens is 403 g/mol. The zero-order chi connectivity index (χ0) is 20.3. The molecule has 0 aliphatic rings. The van der Waals surface area contributed by atoms with E-state index < -0.39 is 0 Å². The summed E-state index contributed by atoms with van der Waals surface area (Å²) < 4.78 is 7.07. The summed E-state index contributed by atoms with van der Waals surface area (Å²) in [5.74, 6) is 0.430.